The summed E-state index contributed by atoms with van der Waals surface area (Å²) in [6.45, 7) is 4.61. The van der Waals surface area contributed by atoms with Crippen LogP contribution in [0.15, 0.2) is 18.2 Å². The van der Waals surface area contributed by atoms with Gasteiger partial charge in [0.15, 0.2) is 0 Å². The van der Waals surface area contributed by atoms with Crippen LogP contribution in [0.25, 0.3) is 11.0 Å². The molecule has 1 saturated carbocycles. The predicted octanol–water partition coefficient (Wildman–Crippen LogP) is 4.66. The van der Waals surface area contributed by atoms with Crippen LogP contribution in [-0.4, -0.2) is 9.55 Å². The summed E-state index contributed by atoms with van der Waals surface area (Å²) in [6, 6.07) is 6.27. The Labute approximate surface area is 125 Å². The lowest BCUT2D eigenvalue weighted by molar-refractivity contribution is 0.189. The zero-order valence-electron chi connectivity index (χ0n) is 12.1. The van der Waals surface area contributed by atoms with Crippen molar-refractivity contribution in [1.82, 2.24) is 9.55 Å². The molecule has 108 valence electrons. The van der Waals surface area contributed by atoms with E-state index < -0.39 is 0 Å². The zero-order valence-corrected chi connectivity index (χ0v) is 12.9. The molecule has 0 amide bonds. The van der Waals surface area contributed by atoms with Gasteiger partial charge in [-0.3, -0.25) is 0 Å². The quantitative estimate of drug-likeness (QED) is 0.874. The van der Waals surface area contributed by atoms with Crippen LogP contribution in [0.2, 0.25) is 5.02 Å². The Kier molecular flexibility index (Phi) is 3.63. The first-order chi connectivity index (χ1) is 9.59. The highest BCUT2D eigenvalue weighted by molar-refractivity contribution is 6.35. The minimum absolute atomic E-state index is 0.425. The summed E-state index contributed by atoms with van der Waals surface area (Å²) in [6.07, 6.45) is 5.02. The van der Waals surface area contributed by atoms with E-state index in [2.05, 4.69) is 23.4 Å². The van der Waals surface area contributed by atoms with E-state index in [1.54, 1.807) is 0 Å². The standard InChI is InChI=1S/C16H22ClN3/c1-10(2)11-6-3-4-9-14(11)20-15-12(17)7-5-8-13(15)19-16(20)18/h5,7-8,10-11,14H,3-4,6,9H2,1-2H3,(H2,18,19). The van der Waals surface area contributed by atoms with Crippen LogP contribution < -0.4 is 5.73 Å². The lowest BCUT2D eigenvalue weighted by Crippen LogP contribution is -2.28. The molecule has 1 heterocycles. The maximum atomic E-state index is 6.41. The summed E-state index contributed by atoms with van der Waals surface area (Å²) >= 11 is 6.41. The van der Waals surface area contributed by atoms with Crippen molar-refractivity contribution in [2.75, 3.05) is 5.73 Å². The van der Waals surface area contributed by atoms with Gasteiger partial charge in [-0.2, -0.15) is 0 Å². The van der Waals surface area contributed by atoms with Gasteiger partial charge in [0, 0.05) is 6.04 Å². The number of aromatic nitrogens is 2. The molecule has 0 bridgehead atoms. The Hall–Kier alpha value is -1.22. The summed E-state index contributed by atoms with van der Waals surface area (Å²) in [7, 11) is 0. The first kappa shape index (κ1) is 13.7. The molecule has 0 radical (unpaired) electrons. The Morgan fingerprint density at radius 1 is 1.30 bits per heavy atom. The van der Waals surface area contributed by atoms with Crippen LogP contribution in [0.3, 0.4) is 0 Å². The first-order valence-corrected chi connectivity index (χ1v) is 7.89. The Balaban J connectivity index is 2.15. The fraction of sp³-hybridized carbons (Fsp3) is 0.562. The fourth-order valence-corrected chi connectivity index (χ4v) is 3.96. The molecule has 3 nitrogen and oxygen atoms in total. The highest BCUT2D eigenvalue weighted by Gasteiger charge is 2.31. The molecular weight excluding hydrogens is 270 g/mol. The van der Waals surface area contributed by atoms with Gasteiger partial charge in [0.2, 0.25) is 5.95 Å². The number of hydrogen-bond acceptors (Lipinski definition) is 2. The second kappa shape index (κ2) is 5.28. The lowest BCUT2D eigenvalue weighted by Gasteiger charge is -2.36. The Morgan fingerprint density at radius 3 is 2.80 bits per heavy atom. The number of fused-ring (bicyclic) bond motifs is 1. The van der Waals surface area contributed by atoms with E-state index in [-0.39, 0.29) is 0 Å². The van der Waals surface area contributed by atoms with Crippen LogP contribution in [0, 0.1) is 11.8 Å². The largest absolute Gasteiger partial charge is 0.369 e. The number of nitrogens with two attached hydrogens (primary N) is 1. The van der Waals surface area contributed by atoms with Gasteiger partial charge in [0.25, 0.3) is 0 Å². The summed E-state index contributed by atoms with van der Waals surface area (Å²) < 4.78 is 2.20. The van der Waals surface area contributed by atoms with E-state index in [1.807, 2.05) is 18.2 Å². The monoisotopic (exact) mass is 291 g/mol. The van der Waals surface area contributed by atoms with E-state index in [0.717, 1.165) is 16.1 Å². The third-order valence-corrected chi connectivity index (χ3v) is 4.96. The molecule has 20 heavy (non-hydrogen) atoms. The van der Waals surface area contributed by atoms with Crippen molar-refractivity contribution in [2.24, 2.45) is 11.8 Å². The molecule has 0 aliphatic heterocycles. The third-order valence-electron chi connectivity index (χ3n) is 4.66. The van der Waals surface area contributed by atoms with Crippen LogP contribution in [0.5, 0.6) is 0 Å². The van der Waals surface area contributed by atoms with Crippen LogP contribution in [0.4, 0.5) is 5.95 Å². The zero-order chi connectivity index (χ0) is 14.3. The summed E-state index contributed by atoms with van der Waals surface area (Å²) in [5, 5.41) is 0.750. The fourth-order valence-electron chi connectivity index (χ4n) is 3.70. The number of hydrogen-bond donors (Lipinski definition) is 1. The Bertz CT molecular complexity index is 617. The second-order valence-electron chi connectivity index (χ2n) is 6.21. The summed E-state index contributed by atoms with van der Waals surface area (Å²) in [4.78, 5) is 4.50. The Morgan fingerprint density at radius 2 is 2.05 bits per heavy atom. The van der Waals surface area contributed by atoms with Gasteiger partial charge >= 0.3 is 0 Å². The molecule has 1 aliphatic rings. The maximum absolute atomic E-state index is 6.41. The molecule has 1 aromatic heterocycles. The van der Waals surface area contributed by atoms with E-state index >= 15 is 0 Å². The van der Waals surface area contributed by atoms with Crippen molar-refractivity contribution in [3.63, 3.8) is 0 Å². The smallest absolute Gasteiger partial charge is 0.201 e. The summed E-state index contributed by atoms with van der Waals surface area (Å²) in [5.74, 6) is 1.91. The molecule has 4 heteroatoms. The lowest BCUT2D eigenvalue weighted by atomic mass is 9.77. The van der Waals surface area contributed by atoms with Crippen LogP contribution in [-0.2, 0) is 0 Å². The van der Waals surface area contributed by atoms with Crippen molar-refractivity contribution in [2.45, 2.75) is 45.6 Å². The van der Waals surface area contributed by atoms with E-state index in [4.69, 9.17) is 17.3 Å². The van der Waals surface area contributed by atoms with E-state index in [9.17, 15) is 0 Å². The average Bonchev–Trinajstić information content (AvgIpc) is 2.76. The van der Waals surface area contributed by atoms with Gasteiger partial charge in [-0.15, -0.1) is 0 Å². The molecule has 0 saturated heterocycles. The highest BCUT2D eigenvalue weighted by Crippen LogP contribution is 2.42. The van der Waals surface area contributed by atoms with Gasteiger partial charge in [-0.1, -0.05) is 44.4 Å². The highest BCUT2D eigenvalue weighted by atomic mass is 35.5. The SMILES string of the molecule is CC(C)C1CCCCC1n1c(N)nc2cccc(Cl)c21. The molecule has 2 N–H and O–H groups in total. The number of anilines is 1. The van der Waals surface area contributed by atoms with Crippen LogP contribution >= 0.6 is 11.6 Å². The molecule has 1 aliphatic carbocycles. The predicted molar refractivity (Wildman–Crippen MR) is 85.0 cm³/mol. The average molecular weight is 292 g/mol. The van der Waals surface area contributed by atoms with Gasteiger partial charge in [-0.05, 0) is 36.8 Å². The van der Waals surface area contributed by atoms with Gasteiger partial charge in [0.05, 0.1) is 16.1 Å². The normalized spacial score (nSPS) is 23.6. The number of para-hydroxylation sites is 1. The summed E-state index contributed by atoms with van der Waals surface area (Å²) in [5.41, 5.74) is 8.12. The molecule has 1 fully saturated rings. The van der Waals surface area contributed by atoms with Gasteiger partial charge in [0.1, 0.15) is 0 Å². The number of benzene rings is 1. The number of halogens is 1. The molecule has 2 atom stereocenters. The van der Waals surface area contributed by atoms with Gasteiger partial charge in [-0.25, -0.2) is 4.98 Å². The van der Waals surface area contributed by atoms with Crippen molar-refractivity contribution in [3.8, 4) is 0 Å². The van der Waals surface area contributed by atoms with Crippen molar-refractivity contribution >= 4 is 28.6 Å². The maximum Gasteiger partial charge on any atom is 0.201 e. The number of nitrogens with zero attached hydrogens (tertiary/aromatic N) is 2. The van der Waals surface area contributed by atoms with Gasteiger partial charge < -0.3 is 10.3 Å². The van der Waals surface area contributed by atoms with Crippen molar-refractivity contribution in [3.05, 3.63) is 23.2 Å². The minimum atomic E-state index is 0.425. The molecule has 3 rings (SSSR count). The molecule has 2 aromatic rings. The number of imidazole rings is 1. The molecule has 2 unspecified atom stereocenters. The number of rotatable bonds is 2. The van der Waals surface area contributed by atoms with E-state index in [0.29, 0.717) is 23.8 Å². The molecular formula is C16H22ClN3. The molecule has 1 aromatic carbocycles. The topological polar surface area (TPSA) is 43.8 Å². The van der Waals surface area contributed by atoms with E-state index in [1.165, 1.54) is 25.7 Å². The van der Waals surface area contributed by atoms with Crippen molar-refractivity contribution < 1.29 is 0 Å². The second-order valence-corrected chi connectivity index (χ2v) is 6.61. The number of nitrogen functional groups attached to an aromatic ring is 1. The third kappa shape index (κ3) is 2.18. The minimum Gasteiger partial charge on any atom is -0.369 e. The first-order valence-electron chi connectivity index (χ1n) is 7.51. The van der Waals surface area contributed by atoms with Crippen molar-refractivity contribution in [1.29, 1.82) is 0 Å². The van der Waals surface area contributed by atoms with Crippen LogP contribution in [0.1, 0.15) is 45.6 Å². The molecule has 0 spiro atoms.